The molecule has 0 aliphatic heterocycles. The second kappa shape index (κ2) is 7.89. The van der Waals surface area contributed by atoms with Gasteiger partial charge in [0.15, 0.2) is 0 Å². The van der Waals surface area contributed by atoms with Crippen molar-refractivity contribution in [1.82, 2.24) is 5.32 Å². The molecule has 0 heterocycles. The molecule has 0 radical (unpaired) electrons. The molecule has 1 aliphatic rings. The highest BCUT2D eigenvalue weighted by Gasteiger charge is 2.32. The number of hydrogen-bond donors (Lipinski definition) is 1. The van der Waals surface area contributed by atoms with Gasteiger partial charge in [-0.15, -0.1) is 11.8 Å². The second-order valence-electron chi connectivity index (χ2n) is 4.94. The highest BCUT2D eigenvalue weighted by atomic mass is 127. The monoisotopic (exact) mass is 400 g/mol. The summed E-state index contributed by atoms with van der Waals surface area (Å²) in [6, 6.07) is 10.4. The highest BCUT2D eigenvalue weighted by Crippen LogP contribution is 2.36. The topological polar surface area (TPSA) is 52.9 Å². The van der Waals surface area contributed by atoms with Gasteiger partial charge < -0.3 is 5.32 Å². The predicted octanol–water partition coefficient (Wildman–Crippen LogP) is 3.44. The zero-order chi connectivity index (χ0) is 14.4. The number of nitriles is 1. The number of hydrogen-bond acceptors (Lipinski definition) is 3. The molecule has 1 N–H and O–H groups in total. The molecule has 0 saturated heterocycles. The summed E-state index contributed by atoms with van der Waals surface area (Å²) in [5.41, 5.74) is 0. The Labute approximate surface area is 137 Å². The fourth-order valence-electron chi connectivity index (χ4n) is 2.57. The van der Waals surface area contributed by atoms with Crippen LogP contribution in [0.5, 0.6) is 0 Å². The maximum absolute atomic E-state index is 12.0. The number of halogens is 1. The van der Waals surface area contributed by atoms with Crippen LogP contribution in [0.3, 0.4) is 0 Å². The lowest BCUT2D eigenvalue weighted by Gasteiger charge is -2.18. The number of carbonyl (C=O) groups excluding carboxylic acids is 1. The molecule has 0 spiro atoms. The summed E-state index contributed by atoms with van der Waals surface area (Å²) in [6.45, 7) is 0.117. The summed E-state index contributed by atoms with van der Waals surface area (Å²) < 4.78 is 1.24. The van der Waals surface area contributed by atoms with Crippen molar-refractivity contribution in [3.05, 3.63) is 27.8 Å². The Kier molecular flexibility index (Phi) is 6.17. The lowest BCUT2D eigenvalue weighted by Crippen LogP contribution is -2.33. The first kappa shape index (κ1) is 15.6. The third-order valence-corrected chi connectivity index (χ3v) is 5.53. The lowest BCUT2D eigenvalue weighted by molar-refractivity contribution is -0.125. The number of carbonyl (C=O) groups is 1. The summed E-state index contributed by atoms with van der Waals surface area (Å²) in [5.74, 6) is 1.54. The maximum atomic E-state index is 12.0. The molecule has 5 heteroatoms. The Bertz CT molecular complexity index is 498. The SMILES string of the molecule is N#CCNC(=O)[C@H]1CCC[C@@H]1CSc1ccc(I)cc1. The fraction of sp³-hybridized carbons (Fsp3) is 0.467. The van der Waals surface area contributed by atoms with E-state index in [9.17, 15) is 4.79 Å². The Balaban J connectivity index is 1.86. The summed E-state index contributed by atoms with van der Waals surface area (Å²) >= 11 is 4.12. The minimum atomic E-state index is 0.0530. The maximum Gasteiger partial charge on any atom is 0.224 e. The number of benzene rings is 1. The molecular weight excluding hydrogens is 383 g/mol. The van der Waals surface area contributed by atoms with E-state index in [0.717, 1.165) is 25.0 Å². The van der Waals surface area contributed by atoms with E-state index in [0.29, 0.717) is 5.92 Å². The van der Waals surface area contributed by atoms with Crippen LogP contribution >= 0.6 is 34.4 Å². The van der Waals surface area contributed by atoms with E-state index in [1.54, 1.807) is 0 Å². The van der Waals surface area contributed by atoms with Crippen LogP contribution in [-0.4, -0.2) is 18.2 Å². The largest absolute Gasteiger partial charge is 0.343 e. The molecule has 0 aromatic heterocycles. The number of nitrogens with one attached hydrogen (secondary N) is 1. The van der Waals surface area contributed by atoms with Gasteiger partial charge in [0, 0.05) is 20.1 Å². The first-order valence-electron chi connectivity index (χ1n) is 6.73. The normalized spacial score (nSPS) is 21.4. The molecule has 3 nitrogen and oxygen atoms in total. The van der Waals surface area contributed by atoms with E-state index >= 15 is 0 Å². The first-order valence-corrected chi connectivity index (χ1v) is 8.80. The van der Waals surface area contributed by atoms with Crippen molar-refractivity contribution in [3.63, 3.8) is 0 Å². The van der Waals surface area contributed by atoms with Crippen LogP contribution in [0.15, 0.2) is 29.2 Å². The Morgan fingerprint density at radius 2 is 2.15 bits per heavy atom. The molecule has 1 aromatic carbocycles. The Morgan fingerprint density at radius 1 is 1.40 bits per heavy atom. The molecule has 0 bridgehead atoms. The standard InChI is InChI=1S/C15H17IN2OS/c16-12-4-6-13(7-5-12)20-10-11-2-1-3-14(11)15(19)18-9-8-17/h4-7,11,14H,1-3,9-10H2,(H,18,19)/t11-,14+/m1/s1. The number of rotatable bonds is 5. The van der Waals surface area contributed by atoms with Gasteiger partial charge in [-0.3, -0.25) is 4.79 Å². The van der Waals surface area contributed by atoms with Crippen LogP contribution in [-0.2, 0) is 4.79 Å². The van der Waals surface area contributed by atoms with Crippen molar-refractivity contribution >= 4 is 40.3 Å². The van der Waals surface area contributed by atoms with Gasteiger partial charge in [-0.2, -0.15) is 5.26 Å². The van der Waals surface area contributed by atoms with Gasteiger partial charge in [-0.1, -0.05) is 6.42 Å². The average Bonchev–Trinajstić information content (AvgIpc) is 2.92. The molecule has 1 fully saturated rings. The van der Waals surface area contributed by atoms with Crippen molar-refractivity contribution in [2.45, 2.75) is 24.2 Å². The zero-order valence-corrected chi connectivity index (χ0v) is 14.1. The molecule has 2 atom stereocenters. The van der Waals surface area contributed by atoms with Gasteiger partial charge in [-0.05, 0) is 65.6 Å². The van der Waals surface area contributed by atoms with E-state index in [-0.39, 0.29) is 18.4 Å². The van der Waals surface area contributed by atoms with Gasteiger partial charge in [0.25, 0.3) is 0 Å². The molecule has 2 rings (SSSR count). The van der Waals surface area contributed by atoms with E-state index in [1.165, 1.54) is 8.47 Å². The lowest BCUT2D eigenvalue weighted by atomic mass is 9.97. The van der Waals surface area contributed by atoms with Crippen molar-refractivity contribution in [2.75, 3.05) is 12.3 Å². The van der Waals surface area contributed by atoms with Gasteiger partial charge in [0.05, 0.1) is 6.07 Å². The summed E-state index contributed by atoms with van der Waals surface area (Å²) in [4.78, 5) is 13.3. The molecular formula is C15H17IN2OS. The number of thioether (sulfide) groups is 1. The highest BCUT2D eigenvalue weighted by molar-refractivity contribution is 14.1. The molecule has 1 amide bonds. The smallest absolute Gasteiger partial charge is 0.224 e. The van der Waals surface area contributed by atoms with E-state index in [1.807, 2.05) is 17.8 Å². The van der Waals surface area contributed by atoms with Crippen molar-refractivity contribution < 1.29 is 4.79 Å². The minimum absolute atomic E-state index is 0.0530. The summed E-state index contributed by atoms with van der Waals surface area (Å²) in [5, 5.41) is 11.2. The number of amides is 1. The Morgan fingerprint density at radius 3 is 2.85 bits per heavy atom. The van der Waals surface area contributed by atoms with Crippen LogP contribution in [0.4, 0.5) is 0 Å². The molecule has 20 heavy (non-hydrogen) atoms. The molecule has 1 saturated carbocycles. The van der Waals surface area contributed by atoms with Gasteiger partial charge in [0.1, 0.15) is 6.54 Å². The Hall–Kier alpha value is -0.740. The van der Waals surface area contributed by atoms with Crippen LogP contribution in [0.2, 0.25) is 0 Å². The third-order valence-electron chi connectivity index (χ3n) is 3.62. The van der Waals surface area contributed by atoms with E-state index in [2.05, 4.69) is 52.2 Å². The summed E-state index contributed by atoms with van der Waals surface area (Å²) in [7, 11) is 0. The molecule has 1 aliphatic carbocycles. The summed E-state index contributed by atoms with van der Waals surface area (Å²) in [6.07, 6.45) is 3.18. The zero-order valence-electron chi connectivity index (χ0n) is 11.1. The van der Waals surface area contributed by atoms with E-state index < -0.39 is 0 Å². The number of nitrogens with zero attached hydrogens (tertiary/aromatic N) is 1. The third kappa shape index (κ3) is 4.38. The van der Waals surface area contributed by atoms with Crippen molar-refractivity contribution in [2.24, 2.45) is 11.8 Å². The molecule has 1 aromatic rings. The van der Waals surface area contributed by atoms with Gasteiger partial charge in [-0.25, -0.2) is 0 Å². The van der Waals surface area contributed by atoms with Crippen molar-refractivity contribution in [1.29, 1.82) is 5.26 Å². The van der Waals surface area contributed by atoms with Crippen LogP contribution in [0.25, 0.3) is 0 Å². The fourth-order valence-corrected chi connectivity index (χ4v) is 4.07. The molecule has 0 unspecified atom stereocenters. The minimum Gasteiger partial charge on any atom is -0.343 e. The van der Waals surface area contributed by atoms with Crippen LogP contribution in [0, 0.1) is 26.7 Å². The van der Waals surface area contributed by atoms with Gasteiger partial charge in [0.2, 0.25) is 5.91 Å². The second-order valence-corrected chi connectivity index (χ2v) is 7.28. The van der Waals surface area contributed by atoms with Crippen LogP contribution < -0.4 is 5.32 Å². The van der Waals surface area contributed by atoms with E-state index in [4.69, 9.17) is 5.26 Å². The van der Waals surface area contributed by atoms with Gasteiger partial charge >= 0.3 is 0 Å². The molecule has 106 valence electrons. The predicted molar refractivity (Wildman–Crippen MR) is 89.3 cm³/mol. The first-order chi connectivity index (χ1) is 9.70. The van der Waals surface area contributed by atoms with Crippen LogP contribution in [0.1, 0.15) is 19.3 Å². The quantitative estimate of drug-likeness (QED) is 0.468. The average molecular weight is 400 g/mol. The van der Waals surface area contributed by atoms with Crippen molar-refractivity contribution in [3.8, 4) is 6.07 Å².